The average molecular weight is 577 g/mol. The van der Waals surface area contributed by atoms with Crippen molar-refractivity contribution in [2.75, 3.05) is 0 Å². The highest BCUT2D eigenvalue weighted by atomic mass is 15.2. The Morgan fingerprint density at radius 2 is 0.956 bits per heavy atom. The van der Waals surface area contributed by atoms with Gasteiger partial charge in [0.2, 0.25) is 5.95 Å². The van der Waals surface area contributed by atoms with E-state index in [1.54, 1.807) is 6.33 Å². The molecule has 212 valence electrons. The summed E-state index contributed by atoms with van der Waals surface area (Å²) in [6.07, 6.45) is 1.62. The Hall–Kier alpha value is -5.87. The summed E-state index contributed by atoms with van der Waals surface area (Å²) < 4.78 is 2.13. The molecule has 0 unspecified atom stereocenters. The van der Waals surface area contributed by atoms with Crippen LogP contribution in [0.25, 0.3) is 82.6 Å². The van der Waals surface area contributed by atoms with Crippen LogP contribution in [0.1, 0.15) is 11.1 Å². The molecule has 0 saturated heterocycles. The number of hydrogen-bond acceptors (Lipinski definition) is 3. The minimum Gasteiger partial charge on any atom is -0.278 e. The topological polar surface area (TPSA) is 43.6 Å². The van der Waals surface area contributed by atoms with Crippen molar-refractivity contribution in [1.82, 2.24) is 19.5 Å². The molecule has 45 heavy (non-hydrogen) atoms. The van der Waals surface area contributed by atoms with Gasteiger partial charge in [-0.1, -0.05) is 103 Å². The van der Waals surface area contributed by atoms with Crippen LogP contribution < -0.4 is 0 Å². The number of hydrogen-bond donors (Lipinski definition) is 0. The monoisotopic (exact) mass is 576 g/mol. The molecule has 9 rings (SSSR count). The van der Waals surface area contributed by atoms with E-state index in [-0.39, 0.29) is 0 Å². The third-order valence-electron chi connectivity index (χ3n) is 9.21. The first-order valence-corrected chi connectivity index (χ1v) is 15.3. The van der Waals surface area contributed by atoms with Crippen molar-refractivity contribution in [1.29, 1.82) is 0 Å². The van der Waals surface area contributed by atoms with E-state index in [9.17, 15) is 0 Å². The zero-order valence-electron chi connectivity index (χ0n) is 25.0. The Labute approximate surface area is 260 Å². The summed E-state index contributed by atoms with van der Waals surface area (Å²) in [5.74, 6) is 1.26. The molecule has 0 saturated carbocycles. The molecule has 0 aliphatic heterocycles. The summed E-state index contributed by atoms with van der Waals surface area (Å²) in [7, 11) is 0. The summed E-state index contributed by atoms with van der Waals surface area (Å²) in [5.41, 5.74) is 7.97. The van der Waals surface area contributed by atoms with Gasteiger partial charge < -0.3 is 0 Å². The fraction of sp³-hybridized carbons (Fsp3) is 0.0488. The van der Waals surface area contributed by atoms with Crippen molar-refractivity contribution in [3.63, 3.8) is 0 Å². The Morgan fingerprint density at radius 3 is 1.58 bits per heavy atom. The Bertz CT molecular complexity index is 2580. The van der Waals surface area contributed by atoms with Crippen LogP contribution in [0.4, 0.5) is 0 Å². The predicted octanol–water partition coefficient (Wildman–Crippen LogP) is 10.4. The van der Waals surface area contributed by atoms with Crippen LogP contribution in [0, 0.1) is 13.8 Å². The minimum absolute atomic E-state index is 0.611. The fourth-order valence-electron chi connectivity index (χ4n) is 7.07. The Morgan fingerprint density at radius 1 is 0.444 bits per heavy atom. The molecule has 0 spiro atoms. The summed E-state index contributed by atoms with van der Waals surface area (Å²) in [4.78, 5) is 14.3. The highest BCUT2D eigenvalue weighted by molar-refractivity contribution is 6.26. The summed E-state index contributed by atoms with van der Waals surface area (Å²) in [5, 5.41) is 10.0. The number of nitrogens with zero attached hydrogens (tertiary/aromatic N) is 4. The molecule has 2 heterocycles. The van der Waals surface area contributed by atoms with Crippen molar-refractivity contribution in [2.24, 2.45) is 0 Å². The summed E-state index contributed by atoms with van der Waals surface area (Å²) in [6, 6.07) is 45.6. The third kappa shape index (κ3) is 3.89. The molecule has 2 aromatic heterocycles. The second-order valence-electron chi connectivity index (χ2n) is 11.8. The Balaban J connectivity index is 1.23. The molecule has 0 fully saturated rings. The van der Waals surface area contributed by atoms with E-state index in [4.69, 9.17) is 4.98 Å². The first-order valence-electron chi connectivity index (χ1n) is 15.3. The van der Waals surface area contributed by atoms with E-state index in [0.717, 1.165) is 16.6 Å². The molecule has 7 aromatic carbocycles. The van der Waals surface area contributed by atoms with Gasteiger partial charge in [-0.05, 0) is 92.7 Å². The lowest BCUT2D eigenvalue weighted by atomic mass is 9.88. The van der Waals surface area contributed by atoms with Gasteiger partial charge in [-0.2, -0.15) is 4.98 Å². The van der Waals surface area contributed by atoms with Crippen LogP contribution in [0.15, 0.2) is 134 Å². The van der Waals surface area contributed by atoms with Crippen LogP contribution in [-0.2, 0) is 0 Å². The van der Waals surface area contributed by atoms with Gasteiger partial charge in [0.25, 0.3) is 0 Å². The first-order chi connectivity index (χ1) is 22.2. The molecular weight excluding hydrogens is 548 g/mol. The maximum atomic E-state index is 5.04. The summed E-state index contributed by atoms with van der Waals surface area (Å²) in [6.45, 7) is 4.40. The van der Waals surface area contributed by atoms with Gasteiger partial charge in [0.15, 0.2) is 5.82 Å². The number of aromatic nitrogens is 4. The SMILES string of the molecule is Cc1ccc(-c2ncnc(-n3c4ccccc4c4ccccc43)n2)cc1-c1cc2c3ccccc3c3ccccc3c2cc1C. The first kappa shape index (κ1) is 25.6. The lowest BCUT2D eigenvalue weighted by Gasteiger charge is -2.16. The highest BCUT2D eigenvalue weighted by Crippen LogP contribution is 2.40. The van der Waals surface area contributed by atoms with Crippen molar-refractivity contribution in [3.05, 3.63) is 145 Å². The molecule has 4 nitrogen and oxygen atoms in total. The summed E-state index contributed by atoms with van der Waals surface area (Å²) >= 11 is 0. The van der Waals surface area contributed by atoms with Crippen LogP contribution in [0.5, 0.6) is 0 Å². The van der Waals surface area contributed by atoms with E-state index < -0.39 is 0 Å². The highest BCUT2D eigenvalue weighted by Gasteiger charge is 2.17. The van der Waals surface area contributed by atoms with Crippen molar-refractivity contribution < 1.29 is 0 Å². The molecule has 0 amide bonds. The van der Waals surface area contributed by atoms with E-state index >= 15 is 0 Å². The Kier molecular flexibility index (Phi) is 5.59. The van der Waals surface area contributed by atoms with E-state index in [0.29, 0.717) is 11.8 Å². The van der Waals surface area contributed by atoms with E-state index in [1.807, 2.05) is 0 Å². The molecule has 0 aliphatic carbocycles. The van der Waals surface area contributed by atoms with Gasteiger partial charge in [0, 0.05) is 16.3 Å². The van der Waals surface area contributed by atoms with E-state index in [2.05, 4.69) is 156 Å². The normalized spacial score (nSPS) is 11.8. The number of para-hydroxylation sites is 2. The van der Waals surface area contributed by atoms with Gasteiger partial charge in [-0.15, -0.1) is 0 Å². The van der Waals surface area contributed by atoms with Crippen molar-refractivity contribution in [3.8, 4) is 28.5 Å². The lowest BCUT2D eigenvalue weighted by Crippen LogP contribution is -2.03. The van der Waals surface area contributed by atoms with Crippen molar-refractivity contribution in [2.45, 2.75) is 13.8 Å². The van der Waals surface area contributed by atoms with Gasteiger partial charge in [0.05, 0.1) is 11.0 Å². The molecule has 4 heteroatoms. The quantitative estimate of drug-likeness (QED) is 0.197. The fourth-order valence-corrected chi connectivity index (χ4v) is 7.07. The zero-order valence-corrected chi connectivity index (χ0v) is 25.0. The minimum atomic E-state index is 0.611. The molecule has 9 aromatic rings. The van der Waals surface area contributed by atoms with Gasteiger partial charge in [0.1, 0.15) is 6.33 Å². The van der Waals surface area contributed by atoms with Crippen LogP contribution >= 0.6 is 0 Å². The van der Waals surface area contributed by atoms with Gasteiger partial charge in [-0.25, -0.2) is 9.97 Å². The third-order valence-corrected chi connectivity index (χ3v) is 9.21. The second kappa shape index (κ2) is 9.83. The average Bonchev–Trinajstić information content (AvgIpc) is 3.43. The van der Waals surface area contributed by atoms with Crippen LogP contribution in [-0.4, -0.2) is 19.5 Å². The molecule has 0 N–H and O–H groups in total. The van der Waals surface area contributed by atoms with Gasteiger partial charge in [-0.3, -0.25) is 4.57 Å². The smallest absolute Gasteiger partial charge is 0.238 e. The van der Waals surface area contributed by atoms with Crippen LogP contribution in [0.3, 0.4) is 0 Å². The predicted molar refractivity (Wildman–Crippen MR) is 187 cm³/mol. The van der Waals surface area contributed by atoms with Crippen molar-refractivity contribution >= 4 is 54.1 Å². The molecular formula is C41H28N4. The maximum absolute atomic E-state index is 5.04. The molecule has 0 bridgehead atoms. The number of benzene rings is 7. The second-order valence-corrected chi connectivity index (χ2v) is 11.8. The van der Waals surface area contributed by atoms with Crippen LogP contribution in [0.2, 0.25) is 0 Å². The van der Waals surface area contributed by atoms with Gasteiger partial charge >= 0.3 is 0 Å². The largest absolute Gasteiger partial charge is 0.278 e. The molecule has 0 atom stereocenters. The maximum Gasteiger partial charge on any atom is 0.238 e. The number of aryl methyl sites for hydroxylation is 2. The number of fused-ring (bicyclic) bond motifs is 9. The zero-order chi connectivity index (χ0) is 30.1. The lowest BCUT2D eigenvalue weighted by molar-refractivity contribution is 0.946. The van der Waals surface area contributed by atoms with E-state index in [1.165, 1.54) is 65.3 Å². The number of rotatable bonds is 3. The standard InChI is InChI=1S/C41H28N4/c1-25-19-20-27(40-42-24-43-41(44-40)45-38-17-9-7-15-32(38)33-16-8-10-18-39(33)45)22-34(25)35-23-37-31-14-6-4-12-29(31)28-11-3-5-13-30(28)36(37)21-26(35)2/h3-24H,1-2H3. The molecule has 0 radical (unpaired) electrons. The molecule has 0 aliphatic rings.